The lowest BCUT2D eigenvalue weighted by Gasteiger charge is -2.47. The summed E-state index contributed by atoms with van der Waals surface area (Å²) in [4.78, 5) is 0. The van der Waals surface area contributed by atoms with Gasteiger partial charge in [-0.25, -0.2) is 0 Å². The summed E-state index contributed by atoms with van der Waals surface area (Å²) in [6.07, 6.45) is 15.1. The molecule has 0 bridgehead atoms. The Labute approximate surface area is 523 Å². The molecule has 13 aromatic rings. The average molecular weight is 1200 g/mol. The van der Waals surface area contributed by atoms with E-state index in [-0.39, 0.29) is 0 Å². The molecule has 6 heteroatoms. The number of hydrogen-bond acceptors (Lipinski definition) is 1. The van der Waals surface area contributed by atoms with E-state index in [1.807, 2.05) is 36.4 Å². The quantitative estimate of drug-likeness (QED) is 0.0242. The molecule has 0 N–H and O–H groups in total. The normalized spacial score (nSPS) is 12.2. The maximum Gasteiger partial charge on any atom is 0.171 e. The van der Waals surface area contributed by atoms with E-state index < -0.39 is 23.3 Å². The minimum absolute atomic E-state index is 0.849. The number of hydrogen-bond donors (Lipinski definition) is 0. The zero-order valence-electron chi connectivity index (χ0n) is 51.3. The van der Waals surface area contributed by atoms with Gasteiger partial charge in [0, 0.05) is 48.8 Å². The second kappa shape index (κ2) is 26.6. The number of rotatable bonds is 25. The van der Waals surface area contributed by atoms with Crippen LogP contribution in [0.3, 0.4) is 0 Å². The Bertz CT molecular complexity index is 4340. The molecule has 0 unspecified atom stereocenters. The Balaban J connectivity index is 1.08. The van der Waals surface area contributed by atoms with E-state index in [4.69, 9.17) is 0 Å². The van der Waals surface area contributed by atoms with Crippen LogP contribution in [0.15, 0.2) is 285 Å². The maximum absolute atomic E-state index is 16.3. The van der Waals surface area contributed by atoms with Crippen molar-refractivity contribution in [2.24, 2.45) is 0 Å². The molecule has 11 aromatic carbocycles. The van der Waals surface area contributed by atoms with Gasteiger partial charge in [-0.3, -0.25) is 0 Å². The van der Waals surface area contributed by atoms with Crippen molar-refractivity contribution in [3.05, 3.63) is 285 Å². The highest BCUT2D eigenvalue weighted by atomic mass is 31.2. The Morgan fingerprint density at radius 3 is 0.977 bits per heavy atom. The van der Waals surface area contributed by atoms with E-state index in [0.29, 0.717) is 0 Å². The maximum atomic E-state index is 16.3. The van der Waals surface area contributed by atoms with Crippen LogP contribution >= 0.6 is 7.14 Å². The summed E-state index contributed by atoms with van der Waals surface area (Å²) in [5.41, 5.74) is 7.07. The summed E-state index contributed by atoms with van der Waals surface area (Å²) in [5.74, 6) is 0. The third-order valence-electron chi connectivity index (χ3n) is 19.2. The van der Waals surface area contributed by atoms with Crippen molar-refractivity contribution in [1.29, 1.82) is 0 Å². The largest absolute Gasteiger partial charge is 0.309 e. The number of unbranched alkanes of at least 4 members (excludes halogenated alkanes) is 10. The fourth-order valence-electron chi connectivity index (χ4n) is 14.8. The van der Waals surface area contributed by atoms with Gasteiger partial charge in [-0.1, -0.05) is 323 Å². The summed E-state index contributed by atoms with van der Waals surface area (Å²) in [6.45, 7) is 4.66. The predicted octanol–water partition coefficient (Wildman–Crippen LogP) is 17.2. The van der Waals surface area contributed by atoms with E-state index in [1.165, 1.54) is 159 Å². The van der Waals surface area contributed by atoms with Gasteiger partial charge in [0.05, 0.1) is 22.1 Å². The number of fused-ring (bicyclic) bond motifs is 6. The van der Waals surface area contributed by atoms with Crippen molar-refractivity contribution in [1.82, 2.24) is 9.13 Å². The molecule has 13 rings (SSSR count). The first-order valence-corrected chi connectivity index (χ1v) is 38.8. The van der Waals surface area contributed by atoms with Crippen molar-refractivity contribution in [3.63, 3.8) is 0 Å². The van der Waals surface area contributed by atoms with Crippen LogP contribution < -0.4 is 47.0 Å². The highest BCUT2D eigenvalue weighted by Crippen LogP contribution is 2.44. The molecule has 0 saturated carbocycles. The van der Waals surface area contributed by atoms with Crippen molar-refractivity contribution in [2.45, 2.75) is 103 Å². The van der Waals surface area contributed by atoms with Crippen LogP contribution in [-0.2, 0) is 4.57 Å². The Morgan fingerprint density at radius 2 is 0.591 bits per heavy atom. The highest BCUT2D eigenvalue weighted by molar-refractivity contribution is 7.85. The van der Waals surface area contributed by atoms with Crippen molar-refractivity contribution in [2.75, 3.05) is 0 Å². The minimum Gasteiger partial charge on any atom is -0.309 e. The van der Waals surface area contributed by atoms with Crippen LogP contribution in [0.1, 0.15) is 90.9 Å². The monoisotopic (exact) mass is 1200 g/mol. The van der Waals surface area contributed by atoms with Crippen molar-refractivity contribution >= 4 is 114 Å². The standard InChI is InChI=1S/C82H81N2OPSi2/c1-3-5-7-9-11-34-58-87(59-35-12-10-8-6-4-2,72-51-55-80-76(61-72)75-60-68(50-54-79(75)83(80)64-36-20-13-21-37-64)86(85,66-40-24-15-25-41-66)67-42-26-16-27-43-67)73-52-56-81-77(62-73)78-63-74(53-57-82(78)84(81)65-38-22-14-23-39-65)88(69-44-28-17-29-45-69,70-46-30-18-31-47-70)71-48-32-19-33-49-71/h13-33,36-57,60-63H,3-12,34-35,58-59H2,1-2H3/q-2. The molecular weight excluding hydrogens is 1120 g/mol. The number of benzene rings is 11. The lowest BCUT2D eigenvalue weighted by Crippen LogP contribution is -2.74. The second-order valence-electron chi connectivity index (χ2n) is 24.5. The Kier molecular flexibility index (Phi) is 17.7. The molecule has 440 valence electrons. The van der Waals surface area contributed by atoms with Gasteiger partial charge < -0.3 is 13.7 Å². The third kappa shape index (κ3) is 11.0. The van der Waals surface area contributed by atoms with Gasteiger partial charge in [-0.05, 0) is 68.7 Å². The van der Waals surface area contributed by atoms with E-state index in [0.717, 1.165) is 32.5 Å². The molecule has 0 aliphatic heterocycles. The molecule has 3 nitrogen and oxygen atoms in total. The zero-order valence-corrected chi connectivity index (χ0v) is 54.2. The minimum atomic E-state index is -3.30. The van der Waals surface area contributed by atoms with Crippen LogP contribution in [0.4, 0.5) is 0 Å². The second-order valence-corrected chi connectivity index (χ2v) is 35.4. The molecular formula is C82H81N2OPSi2-2. The topological polar surface area (TPSA) is 26.9 Å². The molecule has 0 radical (unpaired) electrons. The van der Waals surface area contributed by atoms with Gasteiger partial charge in [0.1, 0.15) is 0 Å². The zero-order chi connectivity index (χ0) is 59.8. The molecule has 88 heavy (non-hydrogen) atoms. The summed E-state index contributed by atoms with van der Waals surface area (Å²) in [5, 5.41) is 16.1. The van der Waals surface area contributed by atoms with Gasteiger partial charge in [0.2, 0.25) is 0 Å². The predicted molar refractivity (Wildman–Crippen MR) is 386 cm³/mol. The van der Waals surface area contributed by atoms with Crippen molar-refractivity contribution in [3.8, 4) is 11.4 Å². The van der Waals surface area contributed by atoms with Crippen LogP contribution in [-0.4, -0.2) is 25.3 Å². The van der Waals surface area contributed by atoms with Crippen molar-refractivity contribution < 1.29 is 4.57 Å². The smallest absolute Gasteiger partial charge is 0.171 e. The van der Waals surface area contributed by atoms with E-state index in [1.54, 1.807) is 0 Å². The molecule has 0 saturated heterocycles. The fourth-order valence-corrected chi connectivity index (χ4v) is 27.4. The Morgan fingerprint density at radius 1 is 0.284 bits per heavy atom. The molecule has 0 amide bonds. The first-order chi connectivity index (χ1) is 43.5. The lowest BCUT2D eigenvalue weighted by molar-refractivity contribution is 0.592. The van der Waals surface area contributed by atoms with Crippen LogP contribution in [0, 0.1) is 0 Å². The third-order valence-corrected chi connectivity index (χ3v) is 32.3. The van der Waals surface area contributed by atoms with Gasteiger partial charge in [-0.15, -0.1) is 12.1 Å². The summed E-state index contributed by atoms with van der Waals surface area (Å²) in [6, 6.07) is 109. The van der Waals surface area contributed by atoms with Crippen LogP contribution in [0.5, 0.6) is 0 Å². The lowest BCUT2D eigenvalue weighted by atomic mass is 10.1. The average Bonchev–Trinajstić information content (AvgIpc) is 1.53. The summed E-state index contributed by atoms with van der Waals surface area (Å²) in [7, 11) is -8.85. The van der Waals surface area contributed by atoms with Crippen LogP contribution in [0.25, 0.3) is 55.0 Å². The van der Waals surface area contributed by atoms with Gasteiger partial charge in [0.15, 0.2) is 7.14 Å². The van der Waals surface area contributed by atoms with Crippen LogP contribution in [0.2, 0.25) is 12.1 Å². The van der Waals surface area contributed by atoms with Gasteiger partial charge in [0.25, 0.3) is 0 Å². The molecule has 0 aliphatic rings. The van der Waals surface area contributed by atoms with E-state index >= 15 is 4.57 Å². The molecule has 0 spiro atoms. The Hall–Kier alpha value is -8.32. The highest BCUT2D eigenvalue weighted by Gasteiger charge is 2.33. The summed E-state index contributed by atoms with van der Waals surface area (Å²) < 4.78 is 21.3. The number of para-hydroxylation sites is 2. The van der Waals surface area contributed by atoms with Gasteiger partial charge in [-0.2, -0.15) is 31.1 Å². The van der Waals surface area contributed by atoms with E-state index in [9.17, 15) is 0 Å². The first kappa shape index (κ1) is 58.7. The fraction of sp³-hybridized carbons (Fsp3) is 0.195. The number of aromatic nitrogens is 2. The van der Waals surface area contributed by atoms with Gasteiger partial charge >= 0.3 is 0 Å². The molecule has 2 heterocycles. The number of nitrogens with zero attached hydrogens (tertiary/aromatic N) is 2. The summed E-state index contributed by atoms with van der Waals surface area (Å²) >= 11 is 0. The van der Waals surface area contributed by atoms with E-state index in [2.05, 4.69) is 272 Å². The SMILES string of the molecule is CCCCCCCC[Si-](CCCCCCCC)(c1ccc2c(c1)c1cc([Si-](c3ccccc3)(c3ccccc3)c3ccccc3)ccc1n2-c1ccccc1)c1ccc2c(c1)c1cc(P(=O)(c3ccccc3)c3ccccc3)ccc1n2-c1ccccc1. The molecule has 0 fully saturated rings. The molecule has 2 aromatic heterocycles. The molecule has 0 atom stereocenters. The first-order valence-electron chi connectivity index (χ1n) is 32.6. The molecule has 0 aliphatic carbocycles.